The van der Waals surface area contributed by atoms with Crippen LogP contribution < -0.4 is 5.73 Å². The molecule has 0 spiro atoms. The van der Waals surface area contributed by atoms with Crippen LogP contribution in [0.1, 0.15) is 24.0 Å². The van der Waals surface area contributed by atoms with Gasteiger partial charge in [-0.05, 0) is 37.5 Å². The molecule has 7 heteroatoms. The molecule has 2 atom stereocenters. The molecule has 2 saturated heterocycles. The van der Waals surface area contributed by atoms with Crippen molar-refractivity contribution in [1.29, 1.82) is 0 Å². The van der Waals surface area contributed by atoms with E-state index in [0.29, 0.717) is 29.1 Å². The second-order valence-corrected chi connectivity index (χ2v) is 7.97. The number of fused-ring (bicyclic) bond motifs is 2. The topological polar surface area (TPSA) is 72.6 Å². The molecule has 2 fully saturated rings. The Balaban J connectivity index is 1.93. The number of nitrogens with two attached hydrogens (primary N) is 1. The van der Waals surface area contributed by atoms with Gasteiger partial charge in [-0.3, -0.25) is 0 Å². The van der Waals surface area contributed by atoms with E-state index in [1.807, 2.05) is 0 Å². The van der Waals surface area contributed by atoms with Crippen molar-refractivity contribution in [2.24, 2.45) is 5.73 Å². The molecule has 21 heavy (non-hydrogen) atoms. The Kier molecular flexibility index (Phi) is 3.77. The molecule has 114 valence electrons. The summed E-state index contributed by atoms with van der Waals surface area (Å²) < 4.78 is 32.9. The zero-order valence-corrected chi connectivity index (χ0v) is 13.4. The van der Waals surface area contributed by atoms with Crippen LogP contribution in [0.25, 0.3) is 0 Å². The fraction of sp³-hybridized carbons (Fsp3) is 0.500. The second-order valence-electron chi connectivity index (χ2n) is 5.62. The molecule has 0 aliphatic carbocycles. The summed E-state index contributed by atoms with van der Waals surface area (Å²) in [5.41, 5.74) is 6.93. The first-order chi connectivity index (χ1) is 9.88. The van der Waals surface area contributed by atoms with Crippen LogP contribution in [0, 0.1) is 6.92 Å². The molecule has 3 rings (SSSR count). The van der Waals surface area contributed by atoms with Crippen LogP contribution in [-0.2, 0) is 14.8 Å². The van der Waals surface area contributed by atoms with Crippen molar-refractivity contribution < 1.29 is 13.2 Å². The van der Waals surface area contributed by atoms with Gasteiger partial charge in [-0.15, -0.1) is 0 Å². The second kappa shape index (κ2) is 5.31. The van der Waals surface area contributed by atoms with E-state index >= 15 is 0 Å². The third-order valence-corrected chi connectivity index (χ3v) is 6.31. The molecule has 0 amide bonds. The molecule has 2 unspecified atom stereocenters. The predicted molar refractivity (Wildman–Crippen MR) is 83.7 cm³/mol. The molecule has 0 radical (unpaired) electrons. The van der Waals surface area contributed by atoms with Crippen LogP contribution in [0.15, 0.2) is 23.1 Å². The largest absolute Gasteiger partial charge is 0.389 e. The van der Waals surface area contributed by atoms with Crippen molar-refractivity contribution in [3.8, 4) is 0 Å². The minimum absolute atomic E-state index is 0.0368. The lowest BCUT2D eigenvalue weighted by Gasteiger charge is -2.31. The van der Waals surface area contributed by atoms with Crippen molar-refractivity contribution in [3.05, 3.63) is 29.3 Å². The summed E-state index contributed by atoms with van der Waals surface area (Å²) in [7, 11) is -3.49. The highest BCUT2D eigenvalue weighted by atomic mass is 32.2. The summed E-state index contributed by atoms with van der Waals surface area (Å²) in [6.45, 7) is 2.65. The number of sulfonamides is 1. The van der Waals surface area contributed by atoms with Gasteiger partial charge in [0.05, 0.1) is 17.1 Å². The van der Waals surface area contributed by atoms with Crippen molar-refractivity contribution >= 4 is 27.2 Å². The molecular formula is C14H18N2O3S2. The van der Waals surface area contributed by atoms with Crippen molar-refractivity contribution in [2.45, 2.75) is 36.9 Å². The Morgan fingerprint density at radius 1 is 1.33 bits per heavy atom. The molecule has 0 aromatic heterocycles. The summed E-state index contributed by atoms with van der Waals surface area (Å²) in [5, 5.41) is 0. The maximum absolute atomic E-state index is 12.8. The lowest BCUT2D eigenvalue weighted by molar-refractivity contribution is -0.0114. The van der Waals surface area contributed by atoms with E-state index in [1.165, 1.54) is 0 Å². The average Bonchev–Trinajstić information content (AvgIpc) is 2.76. The van der Waals surface area contributed by atoms with Crippen LogP contribution in [-0.4, -0.2) is 43.0 Å². The molecule has 2 bridgehead atoms. The lowest BCUT2D eigenvalue weighted by Crippen LogP contribution is -2.45. The molecule has 2 aliphatic rings. The number of hydrogen-bond donors (Lipinski definition) is 1. The Hall–Kier alpha value is -1.02. The smallest absolute Gasteiger partial charge is 0.243 e. The molecule has 0 saturated carbocycles. The van der Waals surface area contributed by atoms with Crippen LogP contribution in [0.2, 0.25) is 0 Å². The first kappa shape index (κ1) is 14.9. The van der Waals surface area contributed by atoms with Gasteiger partial charge in [0.2, 0.25) is 10.0 Å². The highest BCUT2D eigenvalue weighted by Crippen LogP contribution is 2.30. The molecule has 2 aliphatic heterocycles. The van der Waals surface area contributed by atoms with Gasteiger partial charge >= 0.3 is 0 Å². The van der Waals surface area contributed by atoms with Gasteiger partial charge in [-0.1, -0.05) is 18.3 Å². The van der Waals surface area contributed by atoms with Crippen molar-refractivity contribution in [2.75, 3.05) is 13.1 Å². The molecular weight excluding hydrogens is 308 g/mol. The molecule has 2 N–H and O–H groups in total. The van der Waals surface area contributed by atoms with Gasteiger partial charge in [0.15, 0.2) is 0 Å². The number of morpholine rings is 1. The SMILES string of the molecule is Cc1cc(C(N)=S)ccc1S(=O)(=O)N1CC2CCC(C1)O2. The molecule has 2 heterocycles. The quantitative estimate of drug-likeness (QED) is 0.845. The van der Waals surface area contributed by atoms with Gasteiger partial charge in [-0.2, -0.15) is 4.31 Å². The minimum atomic E-state index is -3.49. The van der Waals surface area contributed by atoms with Crippen LogP contribution in [0.4, 0.5) is 0 Å². The van der Waals surface area contributed by atoms with E-state index in [9.17, 15) is 8.42 Å². The standard InChI is InChI=1S/C14H18N2O3S2/c1-9-6-10(14(15)20)2-5-13(9)21(17,18)16-7-11-3-4-12(8-16)19-11/h2,5-6,11-12H,3-4,7-8H2,1H3,(H2,15,20). The molecule has 5 nitrogen and oxygen atoms in total. The third-order valence-electron chi connectivity index (χ3n) is 4.09. The Morgan fingerprint density at radius 2 is 1.95 bits per heavy atom. The summed E-state index contributed by atoms with van der Waals surface area (Å²) >= 11 is 4.92. The highest BCUT2D eigenvalue weighted by molar-refractivity contribution is 7.89. The average molecular weight is 326 g/mol. The number of rotatable bonds is 3. The van der Waals surface area contributed by atoms with E-state index < -0.39 is 10.0 Å². The lowest BCUT2D eigenvalue weighted by atomic mass is 10.1. The predicted octanol–water partition coefficient (Wildman–Crippen LogP) is 1.18. The fourth-order valence-electron chi connectivity index (χ4n) is 3.00. The molecule has 1 aromatic carbocycles. The van der Waals surface area contributed by atoms with Gasteiger partial charge in [0.1, 0.15) is 4.99 Å². The number of thiocarbonyl (C=S) groups is 1. The number of aryl methyl sites for hydroxylation is 1. The summed E-state index contributed by atoms with van der Waals surface area (Å²) in [5.74, 6) is 0. The first-order valence-corrected chi connectivity index (χ1v) is 8.79. The van der Waals surface area contributed by atoms with E-state index in [-0.39, 0.29) is 17.2 Å². The number of ether oxygens (including phenoxy) is 1. The number of benzene rings is 1. The Bertz CT molecular complexity index is 675. The van der Waals surface area contributed by atoms with Crippen molar-refractivity contribution in [1.82, 2.24) is 4.31 Å². The van der Waals surface area contributed by atoms with Crippen LogP contribution in [0.3, 0.4) is 0 Å². The highest BCUT2D eigenvalue weighted by Gasteiger charge is 2.39. The number of nitrogens with zero attached hydrogens (tertiary/aromatic N) is 1. The zero-order valence-electron chi connectivity index (χ0n) is 11.8. The fourth-order valence-corrected chi connectivity index (χ4v) is 4.84. The van der Waals surface area contributed by atoms with E-state index in [1.54, 1.807) is 29.4 Å². The monoisotopic (exact) mass is 326 g/mol. The van der Waals surface area contributed by atoms with Crippen molar-refractivity contribution in [3.63, 3.8) is 0 Å². The Labute approximate surface area is 130 Å². The van der Waals surface area contributed by atoms with E-state index in [2.05, 4.69) is 0 Å². The van der Waals surface area contributed by atoms with Gasteiger partial charge in [0.25, 0.3) is 0 Å². The first-order valence-electron chi connectivity index (χ1n) is 6.94. The Morgan fingerprint density at radius 3 is 2.48 bits per heavy atom. The van der Waals surface area contributed by atoms with E-state index in [0.717, 1.165) is 12.8 Å². The van der Waals surface area contributed by atoms with E-state index in [4.69, 9.17) is 22.7 Å². The van der Waals surface area contributed by atoms with Gasteiger partial charge < -0.3 is 10.5 Å². The maximum atomic E-state index is 12.8. The van der Waals surface area contributed by atoms with Crippen LogP contribution >= 0.6 is 12.2 Å². The summed E-state index contributed by atoms with van der Waals surface area (Å²) in [6, 6.07) is 4.98. The van der Waals surface area contributed by atoms with Gasteiger partial charge in [-0.25, -0.2) is 8.42 Å². The van der Waals surface area contributed by atoms with Crippen LogP contribution in [0.5, 0.6) is 0 Å². The minimum Gasteiger partial charge on any atom is -0.389 e. The number of hydrogen-bond acceptors (Lipinski definition) is 4. The molecule has 1 aromatic rings. The summed E-state index contributed by atoms with van der Waals surface area (Å²) in [4.78, 5) is 0.593. The zero-order chi connectivity index (χ0) is 15.2. The third kappa shape index (κ3) is 2.70. The van der Waals surface area contributed by atoms with Gasteiger partial charge in [0, 0.05) is 18.7 Å². The summed E-state index contributed by atoms with van der Waals surface area (Å²) in [6.07, 6.45) is 1.95. The maximum Gasteiger partial charge on any atom is 0.243 e. The normalized spacial score (nSPS) is 26.0.